The van der Waals surface area contributed by atoms with Gasteiger partial charge in [0.05, 0.1) is 13.5 Å². The number of esters is 1. The molecule has 0 aliphatic heterocycles. The molecule has 1 aromatic rings. The molecule has 0 bridgehead atoms. The van der Waals surface area contributed by atoms with Crippen LogP contribution in [0.25, 0.3) is 0 Å². The zero-order valence-electron chi connectivity index (χ0n) is 17.5. The topological polar surface area (TPSA) is 76.5 Å². The fraction of sp³-hybridized carbons (Fsp3) is 0.762. The van der Waals surface area contributed by atoms with Gasteiger partial charge >= 0.3 is 5.97 Å². The van der Waals surface area contributed by atoms with Gasteiger partial charge in [-0.3, -0.25) is 14.3 Å². The number of carbonyl (C=O) groups excluding carboxylic acids is 2. The summed E-state index contributed by atoms with van der Waals surface area (Å²) < 4.78 is 6.84. The van der Waals surface area contributed by atoms with Crippen LogP contribution in [0.2, 0.25) is 0 Å². The van der Waals surface area contributed by atoms with E-state index in [-0.39, 0.29) is 17.9 Å². The highest BCUT2D eigenvalue weighted by atomic mass is 16.5. The molecule has 1 amide bonds. The van der Waals surface area contributed by atoms with Crippen LogP contribution >= 0.6 is 0 Å². The second kappa shape index (κ2) is 9.54. The lowest BCUT2D eigenvalue weighted by Gasteiger charge is -2.26. The Kier molecular flexibility index (Phi) is 7.10. The van der Waals surface area contributed by atoms with Gasteiger partial charge in [-0.25, -0.2) is 0 Å². The number of hydrogen-bond acceptors (Lipinski definition) is 5. The Morgan fingerprint density at radius 3 is 2.64 bits per heavy atom. The van der Waals surface area contributed by atoms with E-state index in [0.717, 1.165) is 31.4 Å². The first-order chi connectivity index (χ1) is 13.5. The summed E-state index contributed by atoms with van der Waals surface area (Å²) in [6.07, 6.45) is 9.57. The lowest BCUT2D eigenvalue weighted by molar-refractivity contribution is -0.140. The number of fused-ring (bicyclic) bond motifs is 1. The number of rotatable bonds is 7. The van der Waals surface area contributed by atoms with E-state index in [4.69, 9.17) is 9.84 Å². The molecular weight excluding hydrogens is 356 g/mol. The van der Waals surface area contributed by atoms with Crippen LogP contribution in [0.1, 0.15) is 66.7 Å². The SMILES string of the molecule is COC(=O)CCNC1CCc2c(c(C(=O)N(C)C)nn2CC2CCCCC2)C1. The number of ether oxygens (including phenoxy) is 1. The van der Waals surface area contributed by atoms with E-state index >= 15 is 0 Å². The summed E-state index contributed by atoms with van der Waals surface area (Å²) in [7, 11) is 4.97. The van der Waals surface area contributed by atoms with Crippen molar-refractivity contribution in [2.24, 2.45) is 5.92 Å². The molecule has 1 heterocycles. The molecule has 1 aromatic heterocycles. The van der Waals surface area contributed by atoms with Gasteiger partial charge in [-0.2, -0.15) is 5.10 Å². The monoisotopic (exact) mass is 390 g/mol. The number of aromatic nitrogens is 2. The summed E-state index contributed by atoms with van der Waals surface area (Å²) in [4.78, 5) is 25.7. The molecule has 7 nitrogen and oxygen atoms in total. The molecule has 1 fully saturated rings. The lowest BCUT2D eigenvalue weighted by Crippen LogP contribution is -2.37. The van der Waals surface area contributed by atoms with E-state index in [1.165, 1.54) is 44.9 Å². The third-order valence-corrected chi connectivity index (χ3v) is 6.10. The average molecular weight is 391 g/mol. The van der Waals surface area contributed by atoms with Gasteiger partial charge in [0, 0.05) is 44.5 Å². The molecule has 0 spiro atoms. The third kappa shape index (κ3) is 4.93. The first-order valence-corrected chi connectivity index (χ1v) is 10.6. The maximum absolute atomic E-state index is 12.7. The van der Waals surface area contributed by atoms with Gasteiger partial charge in [-0.05, 0) is 38.0 Å². The van der Waals surface area contributed by atoms with Gasteiger partial charge < -0.3 is 15.0 Å². The van der Waals surface area contributed by atoms with Gasteiger partial charge in [0.25, 0.3) is 5.91 Å². The molecule has 0 saturated heterocycles. The first kappa shape index (κ1) is 20.8. The van der Waals surface area contributed by atoms with E-state index in [1.54, 1.807) is 19.0 Å². The number of carbonyl (C=O) groups is 2. The number of hydrogen-bond donors (Lipinski definition) is 1. The van der Waals surface area contributed by atoms with Crippen LogP contribution in [0, 0.1) is 5.92 Å². The van der Waals surface area contributed by atoms with Crippen molar-refractivity contribution < 1.29 is 14.3 Å². The second-order valence-electron chi connectivity index (χ2n) is 8.38. The molecule has 0 aromatic carbocycles. The van der Waals surface area contributed by atoms with Crippen LogP contribution in [0.5, 0.6) is 0 Å². The van der Waals surface area contributed by atoms with Crippen molar-refractivity contribution in [3.8, 4) is 0 Å². The Balaban J connectivity index is 1.74. The fourth-order valence-electron chi connectivity index (χ4n) is 4.49. The second-order valence-corrected chi connectivity index (χ2v) is 8.38. The van der Waals surface area contributed by atoms with Crippen LogP contribution in [0.4, 0.5) is 0 Å². The maximum atomic E-state index is 12.7. The maximum Gasteiger partial charge on any atom is 0.306 e. The Morgan fingerprint density at radius 2 is 1.96 bits per heavy atom. The van der Waals surface area contributed by atoms with Gasteiger partial charge in [0.15, 0.2) is 5.69 Å². The van der Waals surface area contributed by atoms with Crippen LogP contribution in [0.3, 0.4) is 0 Å². The molecule has 2 aliphatic rings. The molecular formula is C21H34N4O3. The summed E-state index contributed by atoms with van der Waals surface area (Å²) in [6.45, 7) is 1.53. The van der Waals surface area contributed by atoms with E-state index < -0.39 is 0 Å². The van der Waals surface area contributed by atoms with Crippen molar-refractivity contribution in [1.29, 1.82) is 0 Å². The molecule has 2 aliphatic carbocycles. The van der Waals surface area contributed by atoms with Gasteiger partial charge in [-0.1, -0.05) is 19.3 Å². The molecule has 1 unspecified atom stereocenters. The standard InChI is InChI=1S/C21H34N4O3/c1-24(2)21(27)20-17-13-16(22-12-11-19(26)28-3)9-10-18(17)25(23-20)14-15-7-5-4-6-8-15/h15-16,22H,4-14H2,1-3H3. The van der Waals surface area contributed by atoms with Gasteiger partial charge in [0.2, 0.25) is 0 Å². The number of amides is 1. The van der Waals surface area contributed by atoms with Gasteiger partial charge in [0.1, 0.15) is 0 Å². The van der Waals surface area contributed by atoms with E-state index in [2.05, 4.69) is 10.00 Å². The van der Waals surface area contributed by atoms with E-state index in [1.807, 2.05) is 0 Å². The Bertz CT molecular complexity index is 692. The minimum Gasteiger partial charge on any atom is -0.469 e. The number of methoxy groups -OCH3 is 1. The van der Waals surface area contributed by atoms with Crippen molar-refractivity contribution in [2.75, 3.05) is 27.7 Å². The summed E-state index contributed by atoms with van der Waals surface area (Å²) in [5, 5.41) is 8.24. The minimum atomic E-state index is -0.201. The highest BCUT2D eigenvalue weighted by molar-refractivity contribution is 5.93. The van der Waals surface area contributed by atoms with Crippen molar-refractivity contribution >= 4 is 11.9 Å². The zero-order chi connectivity index (χ0) is 20.1. The highest BCUT2D eigenvalue weighted by Gasteiger charge is 2.30. The molecule has 3 rings (SSSR count). The highest BCUT2D eigenvalue weighted by Crippen LogP contribution is 2.29. The van der Waals surface area contributed by atoms with Gasteiger partial charge in [-0.15, -0.1) is 0 Å². The zero-order valence-corrected chi connectivity index (χ0v) is 17.5. The summed E-state index contributed by atoms with van der Waals surface area (Å²) in [6, 6.07) is 0.262. The number of nitrogens with zero attached hydrogens (tertiary/aromatic N) is 3. The minimum absolute atomic E-state index is 0.0196. The molecule has 1 atom stereocenters. The smallest absolute Gasteiger partial charge is 0.306 e. The fourth-order valence-corrected chi connectivity index (χ4v) is 4.49. The summed E-state index contributed by atoms with van der Waals surface area (Å²) >= 11 is 0. The largest absolute Gasteiger partial charge is 0.469 e. The van der Waals surface area contributed by atoms with Crippen molar-refractivity contribution in [2.45, 2.75) is 70.4 Å². The van der Waals surface area contributed by atoms with E-state index in [9.17, 15) is 9.59 Å². The lowest BCUT2D eigenvalue weighted by atomic mass is 9.88. The van der Waals surface area contributed by atoms with Crippen LogP contribution < -0.4 is 5.32 Å². The number of nitrogens with one attached hydrogen (secondary N) is 1. The molecule has 1 N–H and O–H groups in total. The first-order valence-electron chi connectivity index (χ1n) is 10.6. The Morgan fingerprint density at radius 1 is 1.21 bits per heavy atom. The predicted molar refractivity (Wildman–Crippen MR) is 107 cm³/mol. The molecule has 156 valence electrons. The predicted octanol–water partition coefficient (Wildman–Crippen LogP) is 2.18. The molecule has 0 radical (unpaired) electrons. The Hall–Kier alpha value is -1.89. The molecule has 28 heavy (non-hydrogen) atoms. The van der Waals surface area contributed by atoms with Crippen LogP contribution in [-0.4, -0.2) is 60.3 Å². The summed E-state index contributed by atoms with van der Waals surface area (Å²) in [5.41, 5.74) is 2.94. The van der Waals surface area contributed by atoms with Crippen molar-refractivity contribution in [3.05, 3.63) is 17.0 Å². The normalized spacial score (nSPS) is 19.9. The third-order valence-electron chi connectivity index (χ3n) is 6.10. The molecule has 7 heteroatoms. The van der Waals surface area contributed by atoms with E-state index in [0.29, 0.717) is 24.6 Å². The quantitative estimate of drug-likeness (QED) is 0.722. The summed E-state index contributed by atoms with van der Waals surface area (Å²) in [5.74, 6) is 0.456. The van der Waals surface area contributed by atoms with Crippen LogP contribution in [0.15, 0.2) is 0 Å². The average Bonchev–Trinajstić information content (AvgIpc) is 3.05. The Labute approximate surface area is 167 Å². The van der Waals surface area contributed by atoms with Crippen molar-refractivity contribution in [1.82, 2.24) is 20.0 Å². The van der Waals surface area contributed by atoms with Crippen molar-refractivity contribution in [3.63, 3.8) is 0 Å². The van der Waals surface area contributed by atoms with Crippen LogP contribution in [-0.2, 0) is 28.9 Å². The molecule has 1 saturated carbocycles.